The molecule has 0 atom stereocenters. The van der Waals surface area contributed by atoms with Gasteiger partial charge in [0.05, 0.1) is 7.11 Å². The first-order chi connectivity index (χ1) is 10.2. The molecule has 0 aliphatic rings. The fourth-order valence-electron chi connectivity index (χ4n) is 2.10. The van der Waals surface area contributed by atoms with Crippen molar-refractivity contribution in [3.63, 3.8) is 0 Å². The van der Waals surface area contributed by atoms with Crippen molar-refractivity contribution in [3.8, 4) is 0 Å². The fraction of sp³-hybridized carbons (Fsp3) is 0.133. The number of fused-ring (bicyclic) bond motifs is 1. The van der Waals surface area contributed by atoms with Crippen LogP contribution < -0.4 is 0 Å². The molecule has 3 rings (SSSR count). The van der Waals surface area contributed by atoms with E-state index in [0.29, 0.717) is 28.6 Å². The van der Waals surface area contributed by atoms with Crippen molar-refractivity contribution in [2.75, 3.05) is 7.11 Å². The lowest BCUT2D eigenvalue weighted by molar-refractivity contribution is 0.0591. The summed E-state index contributed by atoms with van der Waals surface area (Å²) in [5.41, 5.74) is 1.88. The lowest BCUT2D eigenvalue weighted by Crippen LogP contribution is -2.08. The van der Waals surface area contributed by atoms with Gasteiger partial charge < -0.3 is 4.74 Å². The van der Waals surface area contributed by atoms with E-state index in [0.717, 1.165) is 5.56 Å². The second-order valence-electron chi connectivity index (χ2n) is 4.47. The molecule has 1 aromatic carbocycles. The van der Waals surface area contributed by atoms with Crippen LogP contribution in [0.4, 0.5) is 0 Å². The van der Waals surface area contributed by atoms with Crippen molar-refractivity contribution in [3.05, 3.63) is 64.6 Å². The Bertz CT molecular complexity index is 814. The van der Waals surface area contributed by atoms with Crippen LogP contribution in [-0.2, 0) is 11.2 Å². The summed E-state index contributed by atoms with van der Waals surface area (Å²) in [5, 5.41) is 5.04. The van der Waals surface area contributed by atoms with Gasteiger partial charge in [-0.15, -0.1) is 0 Å². The Labute approximate surface area is 126 Å². The molecule has 0 amide bonds. The Morgan fingerprint density at radius 1 is 1.24 bits per heavy atom. The highest BCUT2D eigenvalue weighted by atomic mass is 35.5. The number of halogens is 1. The van der Waals surface area contributed by atoms with Gasteiger partial charge in [-0.3, -0.25) is 0 Å². The smallest absolute Gasteiger partial charge is 0.356 e. The predicted octanol–water partition coefficient (Wildman–Crippen LogP) is 2.76. The highest BCUT2D eigenvalue weighted by Gasteiger charge is 2.14. The molecule has 5 nitrogen and oxygen atoms in total. The molecule has 0 saturated heterocycles. The Hall–Kier alpha value is -2.40. The fourth-order valence-corrected chi connectivity index (χ4v) is 2.30. The number of ether oxygens (including phenoxy) is 1. The number of hydrogen-bond acceptors (Lipinski definition) is 4. The Balaban J connectivity index is 2.02. The van der Waals surface area contributed by atoms with Gasteiger partial charge in [-0.05, 0) is 23.8 Å². The molecule has 0 saturated carbocycles. The number of carbonyl (C=O) groups excluding carboxylic acids is 1. The average Bonchev–Trinajstić information content (AvgIpc) is 2.91. The predicted molar refractivity (Wildman–Crippen MR) is 78.6 cm³/mol. The summed E-state index contributed by atoms with van der Waals surface area (Å²) in [6.45, 7) is 0. The summed E-state index contributed by atoms with van der Waals surface area (Å²) < 4.78 is 6.23. The van der Waals surface area contributed by atoms with Crippen molar-refractivity contribution in [1.29, 1.82) is 0 Å². The summed E-state index contributed by atoms with van der Waals surface area (Å²) in [4.78, 5) is 16.1. The van der Waals surface area contributed by atoms with Crippen LogP contribution in [0.25, 0.3) is 5.65 Å². The van der Waals surface area contributed by atoms with E-state index in [1.165, 1.54) is 11.6 Å². The SMILES string of the molecule is COC(=O)c1cccc2nc(Cc3ccccc3Cl)nn12. The number of nitrogens with zero attached hydrogens (tertiary/aromatic N) is 3. The molecular weight excluding hydrogens is 290 g/mol. The van der Waals surface area contributed by atoms with Gasteiger partial charge in [0, 0.05) is 11.4 Å². The molecule has 21 heavy (non-hydrogen) atoms. The lowest BCUT2D eigenvalue weighted by atomic mass is 10.1. The van der Waals surface area contributed by atoms with E-state index in [1.807, 2.05) is 24.3 Å². The van der Waals surface area contributed by atoms with Gasteiger partial charge >= 0.3 is 5.97 Å². The molecule has 0 N–H and O–H groups in total. The van der Waals surface area contributed by atoms with Crippen LogP contribution in [0.3, 0.4) is 0 Å². The maximum absolute atomic E-state index is 11.7. The number of pyridine rings is 1. The minimum atomic E-state index is -0.449. The van der Waals surface area contributed by atoms with Crippen molar-refractivity contribution in [2.24, 2.45) is 0 Å². The molecule has 0 aliphatic carbocycles. The third-order valence-electron chi connectivity index (χ3n) is 3.10. The van der Waals surface area contributed by atoms with Gasteiger partial charge in [0.25, 0.3) is 0 Å². The standard InChI is InChI=1S/C15H12ClN3O2/c1-21-15(20)12-7-4-8-14-17-13(18-19(12)14)9-10-5-2-3-6-11(10)16/h2-8H,9H2,1H3. The van der Waals surface area contributed by atoms with Gasteiger partial charge in [-0.25, -0.2) is 14.3 Å². The van der Waals surface area contributed by atoms with Crippen LogP contribution in [0.1, 0.15) is 21.9 Å². The largest absolute Gasteiger partial charge is 0.464 e. The van der Waals surface area contributed by atoms with E-state index >= 15 is 0 Å². The van der Waals surface area contributed by atoms with Crippen molar-refractivity contribution < 1.29 is 9.53 Å². The molecule has 106 valence electrons. The maximum atomic E-state index is 11.7. The van der Waals surface area contributed by atoms with Gasteiger partial charge in [0.15, 0.2) is 17.2 Å². The number of rotatable bonds is 3. The maximum Gasteiger partial charge on any atom is 0.356 e. The van der Waals surface area contributed by atoms with Crippen molar-refractivity contribution >= 4 is 23.2 Å². The number of aromatic nitrogens is 3. The van der Waals surface area contributed by atoms with Crippen LogP contribution in [0.15, 0.2) is 42.5 Å². The van der Waals surface area contributed by atoms with Gasteiger partial charge in [-0.2, -0.15) is 5.10 Å². The van der Waals surface area contributed by atoms with E-state index in [-0.39, 0.29) is 0 Å². The van der Waals surface area contributed by atoms with Crippen LogP contribution in [0, 0.1) is 0 Å². The molecule has 0 aliphatic heterocycles. The average molecular weight is 302 g/mol. The number of carbonyl (C=O) groups is 1. The summed E-state index contributed by atoms with van der Waals surface area (Å²) in [5.74, 6) is 0.147. The minimum Gasteiger partial charge on any atom is -0.464 e. The summed E-state index contributed by atoms with van der Waals surface area (Å²) in [6.07, 6.45) is 0.502. The minimum absolute atomic E-state index is 0.341. The monoisotopic (exact) mass is 301 g/mol. The molecule has 2 heterocycles. The first-order valence-corrected chi connectivity index (χ1v) is 6.73. The zero-order valence-corrected chi connectivity index (χ0v) is 12.0. The first-order valence-electron chi connectivity index (χ1n) is 6.35. The summed E-state index contributed by atoms with van der Waals surface area (Å²) in [7, 11) is 1.34. The highest BCUT2D eigenvalue weighted by molar-refractivity contribution is 6.31. The van der Waals surface area contributed by atoms with Crippen LogP contribution in [-0.4, -0.2) is 27.7 Å². The number of methoxy groups -OCH3 is 1. The van der Waals surface area contributed by atoms with Gasteiger partial charge in [-0.1, -0.05) is 35.9 Å². The zero-order valence-electron chi connectivity index (χ0n) is 11.3. The van der Waals surface area contributed by atoms with Gasteiger partial charge in [0.1, 0.15) is 0 Å². The van der Waals surface area contributed by atoms with Crippen molar-refractivity contribution in [2.45, 2.75) is 6.42 Å². The topological polar surface area (TPSA) is 56.5 Å². The van der Waals surface area contributed by atoms with E-state index in [1.54, 1.807) is 18.2 Å². The summed E-state index contributed by atoms with van der Waals surface area (Å²) >= 11 is 6.14. The molecule has 0 fully saturated rings. The van der Waals surface area contributed by atoms with Crippen molar-refractivity contribution in [1.82, 2.24) is 14.6 Å². The number of hydrogen-bond donors (Lipinski definition) is 0. The van der Waals surface area contributed by atoms with E-state index < -0.39 is 5.97 Å². The lowest BCUT2D eigenvalue weighted by Gasteiger charge is -2.01. The second-order valence-corrected chi connectivity index (χ2v) is 4.88. The Morgan fingerprint density at radius 3 is 2.81 bits per heavy atom. The van der Waals surface area contributed by atoms with Crippen LogP contribution in [0.5, 0.6) is 0 Å². The molecule has 0 radical (unpaired) electrons. The Kier molecular flexibility index (Phi) is 3.58. The van der Waals surface area contributed by atoms with E-state index in [2.05, 4.69) is 10.1 Å². The Morgan fingerprint density at radius 2 is 2.05 bits per heavy atom. The third-order valence-corrected chi connectivity index (χ3v) is 3.47. The van der Waals surface area contributed by atoms with E-state index in [4.69, 9.17) is 16.3 Å². The number of esters is 1. The normalized spacial score (nSPS) is 10.8. The quantitative estimate of drug-likeness (QED) is 0.698. The second kappa shape index (κ2) is 5.54. The molecule has 0 unspecified atom stereocenters. The molecular formula is C15H12ClN3O2. The molecule has 2 aromatic heterocycles. The van der Waals surface area contributed by atoms with Crippen LogP contribution >= 0.6 is 11.6 Å². The molecule has 3 aromatic rings. The van der Waals surface area contributed by atoms with Gasteiger partial charge in [0.2, 0.25) is 0 Å². The zero-order chi connectivity index (χ0) is 14.8. The van der Waals surface area contributed by atoms with Crippen LogP contribution in [0.2, 0.25) is 5.02 Å². The molecule has 0 spiro atoms. The molecule has 6 heteroatoms. The van der Waals surface area contributed by atoms with E-state index in [9.17, 15) is 4.79 Å². The first kappa shape index (κ1) is 13.6. The number of benzene rings is 1. The summed E-state index contributed by atoms with van der Waals surface area (Å²) in [6, 6.07) is 12.7. The highest BCUT2D eigenvalue weighted by Crippen LogP contribution is 2.18. The molecule has 0 bridgehead atoms. The third kappa shape index (κ3) is 2.60.